The zero-order valence-corrected chi connectivity index (χ0v) is 12.1. The Morgan fingerprint density at radius 1 is 1.14 bits per heavy atom. The fraction of sp³-hybridized carbons (Fsp3) is 0.176. The van der Waals surface area contributed by atoms with Gasteiger partial charge in [0, 0.05) is 12.6 Å². The van der Waals surface area contributed by atoms with Crippen LogP contribution in [0.5, 0.6) is 0 Å². The van der Waals surface area contributed by atoms with Gasteiger partial charge in [0.25, 0.3) is 5.91 Å². The van der Waals surface area contributed by atoms with Crippen LogP contribution in [0.15, 0.2) is 59.6 Å². The molecule has 0 saturated carbocycles. The van der Waals surface area contributed by atoms with Gasteiger partial charge in [-0.2, -0.15) is 0 Å². The first-order chi connectivity index (χ1) is 10.7. The van der Waals surface area contributed by atoms with E-state index in [1.165, 1.54) is 0 Å². The summed E-state index contributed by atoms with van der Waals surface area (Å²) in [7, 11) is 1.76. The zero-order chi connectivity index (χ0) is 15.2. The number of anilines is 2. The average Bonchev–Trinajstić information content (AvgIpc) is 2.99. The summed E-state index contributed by atoms with van der Waals surface area (Å²) in [5, 5.41) is 3.25. The third kappa shape index (κ3) is 1.79. The molecule has 22 heavy (non-hydrogen) atoms. The molecule has 0 saturated heterocycles. The number of rotatable bonds is 1. The number of para-hydroxylation sites is 2. The second-order valence-electron chi connectivity index (χ2n) is 5.44. The zero-order valence-electron chi connectivity index (χ0n) is 12.1. The van der Waals surface area contributed by atoms with Crippen molar-refractivity contribution in [3.05, 3.63) is 60.2 Å². The lowest BCUT2D eigenvalue weighted by Crippen LogP contribution is -2.56. The summed E-state index contributed by atoms with van der Waals surface area (Å²) < 4.78 is 5.71. The van der Waals surface area contributed by atoms with E-state index in [4.69, 9.17) is 4.74 Å². The van der Waals surface area contributed by atoms with Crippen LogP contribution in [0.1, 0.15) is 5.56 Å². The van der Waals surface area contributed by atoms with Gasteiger partial charge >= 0.3 is 0 Å². The summed E-state index contributed by atoms with van der Waals surface area (Å²) in [4.78, 5) is 19.0. The van der Waals surface area contributed by atoms with Crippen LogP contribution in [0, 0.1) is 0 Å². The third-order valence-corrected chi connectivity index (χ3v) is 4.00. The van der Waals surface area contributed by atoms with Crippen molar-refractivity contribution >= 4 is 23.2 Å². The third-order valence-electron chi connectivity index (χ3n) is 4.00. The summed E-state index contributed by atoms with van der Waals surface area (Å²) in [6.45, 7) is 0.189. The van der Waals surface area contributed by atoms with Crippen molar-refractivity contribution in [3.63, 3.8) is 0 Å². The van der Waals surface area contributed by atoms with E-state index in [2.05, 4.69) is 10.3 Å². The first-order valence-electron chi connectivity index (χ1n) is 7.13. The highest BCUT2D eigenvalue weighted by atomic mass is 16.5. The maximum atomic E-state index is 12.8. The highest BCUT2D eigenvalue weighted by Gasteiger charge is 2.49. The van der Waals surface area contributed by atoms with Gasteiger partial charge in [0.15, 0.2) is 0 Å². The quantitative estimate of drug-likeness (QED) is 0.877. The minimum absolute atomic E-state index is 0.114. The molecule has 1 spiro atoms. The molecule has 0 bridgehead atoms. The minimum Gasteiger partial charge on any atom is -0.472 e. The summed E-state index contributed by atoms with van der Waals surface area (Å²) in [6.07, 6.45) is 0. The van der Waals surface area contributed by atoms with Gasteiger partial charge in [0.2, 0.25) is 11.6 Å². The van der Waals surface area contributed by atoms with E-state index >= 15 is 0 Å². The smallest absolute Gasteiger partial charge is 0.279 e. The average molecular weight is 293 g/mol. The predicted octanol–water partition coefficient (Wildman–Crippen LogP) is 2.25. The molecule has 4 rings (SSSR count). The summed E-state index contributed by atoms with van der Waals surface area (Å²) in [5.41, 5.74) is 1.53. The lowest BCUT2D eigenvalue weighted by atomic mass is 10.1. The van der Waals surface area contributed by atoms with Crippen molar-refractivity contribution in [2.45, 2.75) is 5.66 Å². The number of amides is 1. The molecule has 5 heteroatoms. The van der Waals surface area contributed by atoms with Gasteiger partial charge in [0.05, 0.1) is 11.4 Å². The van der Waals surface area contributed by atoms with Crippen LogP contribution in [0.3, 0.4) is 0 Å². The first kappa shape index (κ1) is 12.9. The predicted molar refractivity (Wildman–Crippen MR) is 85.1 cm³/mol. The van der Waals surface area contributed by atoms with Gasteiger partial charge in [0.1, 0.15) is 6.61 Å². The van der Waals surface area contributed by atoms with Crippen molar-refractivity contribution < 1.29 is 9.53 Å². The Kier molecular flexibility index (Phi) is 2.69. The first-order valence-corrected chi connectivity index (χ1v) is 7.13. The largest absolute Gasteiger partial charge is 0.472 e. The summed E-state index contributed by atoms with van der Waals surface area (Å²) >= 11 is 0. The number of nitrogens with zero attached hydrogens (tertiary/aromatic N) is 2. The number of likely N-dealkylation sites (N-methyl/N-ethyl adjacent to an activating group) is 1. The molecule has 1 unspecified atom stereocenters. The normalized spacial score (nSPS) is 22.9. The van der Waals surface area contributed by atoms with Gasteiger partial charge in [-0.25, -0.2) is 4.99 Å². The maximum Gasteiger partial charge on any atom is 0.279 e. The molecule has 5 nitrogen and oxygen atoms in total. The minimum atomic E-state index is -1.08. The molecule has 2 aromatic rings. The Hall–Kier alpha value is -2.82. The number of carbonyl (C=O) groups is 1. The Morgan fingerprint density at radius 2 is 1.86 bits per heavy atom. The van der Waals surface area contributed by atoms with Gasteiger partial charge in [-0.15, -0.1) is 0 Å². The molecule has 0 radical (unpaired) electrons. The molecule has 1 amide bonds. The Morgan fingerprint density at radius 3 is 2.68 bits per heavy atom. The van der Waals surface area contributed by atoms with E-state index in [9.17, 15) is 4.79 Å². The summed E-state index contributed by atoms with van der Waals surface area (Å²) in [6, 6.07) is 17.3. The van der Waals surface area contributed by atoms with Crippen molar-refractivity contribution in [2.75, 3.05) is 23.9 Å². The van der Waals surface area contributed by atoms with E-state index in [0.717, 1.165) is 16.9 Å². The van der Waals surface area contributed by atoms with Crippen LogP contribution < -0.4 is 10.2 Å². The molecule has 2 aliphatic rings. The molecule has 0 aliphatic carbocycles. The second-order valence-corrected chi connectivity index (χ2v) is 5.44. The summed E-state index contributed by atoms with van der Waals surface area (Å²) in [5.74, 6) is 0.381. The second kappa shape index (κ2) is 4.59. The van der Waals surface area contributed by atoms with Crippen molar-refractivity contribution in [1.82, 2.24) is 0 Å². The Bertz CT molecular complexity index is 772. The number of hydrogen-bond acceptors (Lipinski definition) is 4. The standard InChI is InChI=1S/C17H15N3O2/c1-20-14-10-6-5-9-13(14)18-17(16(20)21)11-22-15(19-17)12-7-3-2-4-8-12/h2-10,18H,11H2,1H3. The fourth-order valence-corrected chi connectivity index (χ4v) is 2.85. The maximum absolute atomic E-state index is 12.8. The van der Waals surface area contributed by atoms with E-state index in [1.807, 2.05) is 54.6 Å². The number of aliphatic imine (C=N–C) groups is 1. The lowest BCUT2D eigenvalue weighted by molar-refractivity contribution is -0.123. The van der Waals surface area contributed by atoms with Crippen molar-refractivity contribution in [2.24, 2.45) is 4.99 Å². The monoisotopic (exact) mass is 293 g/mol. The molecule has 1 N–H and O–H groups in total. The van der Waals surface area contributed by atoms with Gasteiger partial charge in [-0.05, 0) is 24.3 Å². The number of benzene rings is 2. The van der Waals surface area contributed by atoms with Crippen LogP contribution in [-0.2, 0) is 9.53 Å². The van der Waals surface area contributed by atoms with E-state index in [-0.39, 0.29) is 12.5 Å². The number of fused-ring (bicyclic) bond motifs is 1. The highest BCUT2D eigenvalue weighted by molar-refractivity contribution is 6.10. The van der Waals surface area contributed by atoms with E-state index < -0.39 is 5.66 Å². The van der Waals surface area contributed by atoms with Crippen LogP contribution in [0.2, 0.25) is 0 Å². The highest BCUT2D eigenvalue weighted by Crippen LogP contribution is 2.37. The van der Waals surface area contributed by atoms with Gasteiger partial charge in [-0.3, -0.25) is 4.79 Å². The Labute approximate surface area is 128 Å². The SMILES string of the molecule is CN1C(=O)C2(COC(c3ccccc3)=N2)Nc2ccccc21. The number of carbonyl (C=O) groups excluding carboxylic acids is 1. The molecule has 0 fully saturated rings. The van der Waals surface area contributed by atoms with Gasteiger partial charge < -0.3 is 15.0 Å². The van der Waals surface area contributed by atoms with Crippen molar-refractivity contribution in [3.8, 4) is 0 Å². The molecule has 110 valence electrons. The Balaban J connectivity index is 1.77. The van der Waals surface area contributed by atoms with Crippen molar-refractivity contribution in [1.29, 1.82) is 0 Å². The molecule has 1 atom stereocenters. The molecular formula is C17H15N3O2. The number of ether oxygens (including phenoxy) is 1. The van der Waals surface area contributed by atoms with Crippen LogP contribution in [-0.4, -0.2) is 31.1 Å². The number of nitrogens with one attached hydrogen (secondary N) is 1. The molecular weight excluding hydrogens is 278 g/mol. The van der Waals surface area contributed by atoms with Crippen LogP contribution in [0.25, 0.3) is 0 Å². The molecule has 2 aromatic carbocycles. The van der Waals surface area contributed by atoms with Crippen LogP contribution in [0.4, 0.5) is 11.4 Å². The molecule has 2 aliphatic heterocycles. The lowest BCUT2D eigenvalue weighted by Gasteiger charge is -2.36. The fourth-order valence-electron chi connectivity index (χ4n) is 2.85. The van der Waals surface area contributed by atoms with E-state index in [0.29, 0.717) is 5.90 Å². The topological polar surface area (TPSA) is 53.9 Å². The van der Waals surface area contributed by atoms with Gasteiger partial charge in [-0.1, -0.05) is 30.3 Å². The van der Waals surface area contributed by atoms with Crippen LogP contribution >= 0.6 is 0 Å². The number of hydrogen-bond donors (Lipinski definition) is 1. The van der Waals surface area contributed by atoms with E-state index in [1.54, 1.807) is 11.9 Å². The molecule has 0 aromatic heterocycles. The molecule has 2 heterocycles.